The molecule has 2 aromatic rings. The van der Waals surface area contributed by atoms with Gasteiger partial charge in [-0.05, 0) is 26.0 Å². The van der Waals surface area contributed by atoms with E-state index in [1.807, 2.05) is 25.1 Å². The number of alkyl halides is 2. The van der Waals surface area contributed by atoms with Crippen molar-refractivity contribution in [1.29, 1.82) is 0 Å². The molecule has 0 unspecified atom stereocenters. The third kappa shape index (κ3) is 4.12. The van der Waals surface area contributed by atoms with Crippen LogP contribution in [0.2, 0.25) is 0 Å². The first-order chi connectivity index (χ1) is 13.8. The molecule has 1 saturated heterocycles. The maximum Gasteiger partial charge on any atom is 0.282 e. The molecule has 1 amide bonds. The Kier molecular flexibility index (Phi) is 5.29. The summed E-state index contributed by atoms with van der Waals surface area (Å²) in [5.41, 5.74) is 1.88. The second-order valence-electron chi connectivity index (χ2n) is 7.93. The molecule has 8 heteroatoms. The van der Waals surface area contributed by atoms with E-state index in [9.17, 15) is 13.6 Å². The summed E-state index contributed by atoms with van der Waals surface area (Å²) >= 11 is 0. The molecule has 156 valence electrons. The number of carbonyl (C=O) groups is 1. The summed E-state index contributed by atoms with van der Waals surface area (Å²) in [5, 5.41) is 6.93. The van der Waals surface area contributed by atoms with Crippen molar-refractivity contribution in [3.05, 3.63) is 46.8 Å². The fourth-order valence-corrected chi connectivity index (χ4v) is 4.15. The van der Waals surface area contributed by atoms with Crippen molar-refractivity contribution in [2.75, 3.05) is 13.2 Å². The zero-order chi connectivity index (χ0) is 20.6. The molecule has 2 aliphatic heterocycles. The molecular weight excluding hydrogens is 380 g/mol. The Morgan fingerprint density at radius 3 is 2.76 bits per heavy atom. The van der Waals surface area contributed by atoms with E-state index in [0.29, 0.717) is 25.3 Å². The van der Waals surface area contributed by atoms with Gasteiger partial charge in [0.05, 0.1) is 19.3 Å². The molecular formula is C21H25F2N3O3. The maximum absolute atomic E-state index is 12.9. The number of nitrogens with one attached hydrogen (secondary N) is 1. The Bertz CT molecular complexity index is 907. The largest absolute Gasteiger partial charge is 0.487 e. The third-order valence-electron chi connectivity index (χ3n) is 5.70. The highest BCUT2D eigenvalue weighted by Gasteiger charge is 2.42. The number of hydrogen-bond acceptors (Lipinski definition) is 4. The van der Waals surface area contributed by atoms with Crippen LogP contribution in [0, 0.1) is 13.8 Å². The molecule has 1 aromatic heterocycles. The number of aryl methyl sites for hydroxylation is 2. The average molecular weight is 405 g/mol. The molecule has 1 N–H and O–H groups in total. The minimum Gasteiger partial charge on any atom is -0.487 e. The summed E-state index contributed by atoms with van der Waals surface area (Å²) in [5.74, 6) is 0.517. The van der Waals surface area contributed by atoms with E-state index in [4.69, 9.17) is 9.47 Å². The fourth-order valence-electron chi connectivity index (χ4n) is 4.15. The van der Waals surface area contributed by atoms with E-state index in [1.54, 1.807) is 6.92 Å². The number of benzene rings is 1. The van der Waals surface area contributed by atoms with Crippen LogP contribution in [0.5, 0.6) is 5.75 Å². The Labute approximate surface area is 168 Å². The summed E-state index contributed by atoms with van der Waals surface area (Å²) in [6.07, 6.45) is -0.471. The summed E-state index contributed by atoms with van der Waals surface area (Å²) in [6.45, 7) is 4.82. The molecule has 1 fully saturated rings. The van der Waals surface area contributed by atoms with Crippen molar-refractivity contribution in [2.45, 2.75) is 57.7 Å². The lowest BCUT2D eigenvalue weighted by atomic mass is 9.81. The van der Waals surface area contributed by atoms with Crippen molar-refractivity contribution in [3.63, 3.8) is 0 Å². The van der Waals surface area contributed by atoms with Gasteiger partial charge in [0.2, 0.25) is 5.91 Å². The summed E-state index contributed by atoms with van der Waals surface area (Å²) in [7, 11) is 0. The van der Waals surface area contributed by atoms with Gasteiger partial charge in [0.1, 0.15) is 23.6 Å². The smallest absolute Gasteiger partial charge is 0.282 e. The van der Waals surface area contributed by atoms with Gasteiger partial charge in [0, 0.05) is 30.5 Å². The van der Waals surface area contributed by atoms with Crippen LogP contribution in [-0.2, 0) is 16.1 Å². The predicted octanol–water partition coefficient (Wildman–Crippen LogP) is 3.63. The van der Waals surface area contributed by atoms with Gasteiger partial charge in [-0.2, -0.15) is 5.10 Å². The number of rotatable bonds is 4. The number of halogens is 2. The second kappa shape index (κ2) is 7.74. The summed E-state index contributed by atoms with van der Waals surface area (Å²) in [6, 6.07) is 7.07. The zero-order valence-electron chi connectivity index (χ0n) is 16.6. The van der Waals surface area contributed by atoms with E-state index in [-0.39, 0.29) is 29.8 Å². The number of fused-ring (bicyclic) bond motifs is 1. The van der Waals surface area contributed by atoms with Crippen molar-refractivity contribution in [2.24, 2.45) is 0 Å². The lowest BCUT2D eigenvalue weighted by molar-refractivity contribution is -0.124. The van der Waals surface area contributed by atoms with Crippen molar-refractivity contribution in [3.8, 4) is 5.75 Å². The van der Waals surface area contributed by atoms with Gasteiger partial charge in [-0.25, -0.2) is 8.78 Å². The molecule has 0 radical (unpaired) electrons. The lowest BCUT2D eigenvalue weighted by Crippen LogP contribution is -2.49. The quantitative estimate of drug-likeness (QED) is 0.844. The lowest BCUT2D eigenvalue weighted by Gasteiger charge is -2.44. The molecule has 6 nitrogen and oxygen atoms in total. The van der Waals surface area contributed by atoms with E-state index in [2.05, 4.69) is 10.4 Å². The number of amides is 1. The number of hydrogen-bond donors (Lipinski definition) is 1. The maximum atomic E-state index is 12.9. The Balaban J connectivity index is 1.55. The highest BCUT2D eigenvalue weighted by molar-refractivity contribution is 5.76. The molecule has 0 saturated carbocycles. The monoisotopic (exact) mass is 405 g/mol. The van der Waals surface area contributed by atoms with Gasteiger partial charge in [0.25, 0.3) is 6.43 Å². The van der Waals surface area contributed by atoms with E-state index in [0.717, 1.165) is 29.7 Å². The minimum absolute atomic E-state index is 0.104. The Hall–Kier alpha value is -2.48. The van der Waals surface area contributed by atoms with E-state index in [1.165, 1.54) is 10.7 Å². The predicted molar refractivity (Wildman–Crippen MR) is 102 cm³/mol. The van der Waals surface area contributed by atoms with Crippen LogP contribution >= 0.6 is 0 Å². The molecule has 4 rings (SSSR count). The van der Waals surface area contributed by atoms with Crippen molar-refractivity contribution in [1.82, 2.24) is 15.1 Å². The standard InChI is InChI=1S/C21H25F2N3O3/c1-13-3-4-18-15(9-13)17(11-21(29-18)5-7-28-8-6-21)24-19(27)12-26-14(2)10-16(25-26)20(22)23/h3-4,9-10,17,20H,5-8,11-12H2,1-2H3,(H,24,27)/t17-/m1/s1. The van der Waals surface area contributed by atoms with Crippen LogP contribution in [0.1, 0.15) is 54.2 Å². The molecule has 3 heterocycles. The highest BCUT2D eigenvalue weighted by Crippen LogP contribution is 2.44. The van der Waals surface area contributed by atoms with Gasteiger partial charge in [-0.3, -0.25) is 9.48 Å². The molecule has 0 bridgehead atoms. The normalized spacial score (nSPS) is 20.4. The molecule has 1 atom stereocenters. The van der Waals surface area contributed by atoms with E-state index < -0.39 is 6.43 Å². The van der Waals surface area contributed by atoms with Gasteiger partial charge < -0.3 is 14.8 Å². The summed E-state index contributed by atoms with van der Waals surface area (Å²) in [4.78, 5) is 12.8. The fraction of sp³-hybridized carbons (Fsp3) is 0.524. The minimum atomic E-state index is -2.66. The topological polar surface area (TPSA) is 65.4 Å². The van der Waals surface area contributed by atoms with Crippen LogP contribution < -0.4 is 10.1 Å². The van der Waals surface area contributed by atoms with Crippen LogP contribution in [0.15, 0.2) is 24.3 Å². The average Bonchev–Trinajstić information content (AvgIpc) is 3.04. The molecule has 1 aromatic carbocycles. The number of aromatic nitrogens is 2. The van der Waals surface area contributed by atoms with E-state index >= 15 is 0 Å². The first kappa shape index (κ1) is 19.8. The van der Waals surface area contributed by atoms with Crippen molar-refractivity contribution < 1.29 is 23.0 Å². The Morgan fingerprint density at radius 2 is 2.07 bits per heavy atom. The van der Waals surface area contributed by atoms with Gasteiger partial charge in [-0.15, -0.1) is 0 Å². The SMILES string of the molecule is Cc1ccc2c(c1)[C@H](NC(=O)Cn1nc(C(F)F)cc1C)CC1(CCOCC1)O2. The highest BCUT2D eigenvalue weighted by atomic mass is 19.3. The van der Waals surface area contributed by atoms with Crippen LogP contribution in [0.25, 0.3) is 0 Å². The van der Waals surface area contributed by atoms with Crippen molar-refractivity contribution >= 4 is 5.91 Å². The van der Waals surface area contributed by atoms with Gasteiger partial charge in [0.15, 0.2) is 0 Å². The summed E-state index contributed by atoms with van der Waals surface area (Å²) < 4.78 is 38.9. The molecule has 0 aliphatic carbocycles. The zero-order valence-corrected chi connectivity index (χ0v) is 16.6. The van der Waals surface area contributed by atoms with Gasteiger partial charge in [-0.1, -0.05) is 17.7 Å². The second-order valence-corrected chi connectivity index (χ2v) is 7.93. The third-order valence-corrected chi connectivity index (χ3v) is 5.70. The first-order valence-electron chi connectivity index (χ1n) is 9.84. The molecule has 2 aliphatic rings. The first-order valence-corrected chi connectivity index (χ1v) is 9.84. The Morgan fingerprint density at radius 1 is 1.31 bits per heavy atom. The number of ether oxygens (including phenoxy) is 2. The van der Waals surface area contributed by atoms with Gasteiger partial charge >= 0.3 is 0 Å². The van der Waals surface area contributed by atoms with Crippen LogP contribution in [0.3, 0.4) is 0 Å². The molecule has 29 heavy (non-hydrogen) atoms. The van der Waals surface area contributed by atoms with Crippen LogP contribution in [-0.4, -0.2) is 34.5 Å². The number of carbonyl (C=O) groups excluding carboxylic acids is 1. The van der Waals surface area contributed by atoms with Crippen LogP contribution in [0.4, 0.5) is 8.78 Å². The molecule has 1 spiro atoms. The number of nitrogens with zero attached hydrogens (tertiary/aromatic N) is 2.